The van der Waals surface area contributed by atoms with Gasteiger partial charge in [-0.1, -0.05) is 0 Å². The van der Waals surface area contributed by atoms with E-state index in [0.717, 1.165) is 0 Å². The molecule has 17 heavy (non-hydrogen) atoms. The van der Waals surface area contributed by atoms with Gasteiger partial charge in [0.25, 0.3) is 0 Å². The molecule has 12 nitrogen and oxygen atoms in total. The number of hydrogen-bond acceptors (Lipinski definition) is 6. The third-order valence-electron chi connectivity index (χ3n) is 0. The number of carboxylic acid groups (broad SMARTS) is 8. The zero-order valence-electron chi connectivity index (χ0n) is 7.84. The average molecular weight is 270 g/mol. The van der Waals surface area contributed by atoms with E-state index in [0.29, 0.717) is 0 Å². The van der Waals surface area contributed by atoms with E-state index in [4.69, 9.17) is 60.0 Å². The quantitative estimate of drug-likeness (QED) is 0.258. The molecule has 0 heterocycles. The Morgan fingerprint density at radius 2 is 0.588 bits per heavy atom. The molecule has 0 aliphatic rings. The van der Waals surface area contributed by atoms with Crippen LogP contribution in [-0.2, 0) is 0 Å². The molecule has 0 unspecified atom stereocenters. The normalized spacial score (nSPS) is 5.65. The first-order valence-corrected chi connectivity index (χ1v) is 2.57. The van der Waals surface area contributed by atoms with Gasteiger partial charge in [0.05, 0.1) is 0 Å². The summed E-state index contributed by atoms with van der Waals surface area (Å²) in [6, 6.07) is 0. The molecule has 96 valence electrons. The molecule has 0 amide bonds. The Labute approximate surface area is 108 Å². The summed E-state index contributed by atoms with van der Waals surface area (Å²) in [5, 5.41) is 58.5. The first kappa shape index (κ1) is 29.4. The number of hydrogen-bond donors (Lipinski definition) is 6. The Morgan fingerprint density at radius 1 is 0.588 bits per heavy atom. The summed E-state index contributed by atoms with van der Waals surface area (Å²) in [5.74, 6) is 0. The Bertz CT molecular complexity index is 159. The van der Waals surface area contributed by atoms with Crippen molar-refractivity contribution >= 4 is 47.7 Å². The maximum atomic E-state index is 8.56. The molecule has 0 atom stereocenters. The molecular weight excluding hydrogens is 264 g/mol. The third-order valence-corrected chi connectivity index (χ3v) is 0. The molecule has 0 fully saturated rings. The molecule has 0 radical (unpaired) electrons. The fraction of sp³-hybridized carbons (Fsp3) is 0. The van der Waals surface area contributed by atoms with E-state index < -0.39 is 24.6 Å². The molecule has 0 saturated carbocycles. The van der Waals surface area contributed by atoms with Crippen LogP contribution in [0.5, 0.6) is 0 Å². The summed E-state index contributed by atoms with van der Waals surface area (Å²) in [5.41, 5.74) is 0. The van der Waals surface area contributed by atoms with Crippen molar-refractivity contribution in [1.82, 2.24) is 0 Å². The summed E-state index contributed by atoms with van der Waals surface area (Å²) < 4.78 is 0. The van der Waals surface area contributed by atoms with E-state index in [1.165, 1.54) is 0 Å². The van der Waals surface area contributed by atoms with Gasteiger partial charge in [-0.05, 0) is 0 Å². The first-order valence-electron chi connectivity index (χ1n) is 2.57. The second kappa shape index (κ2) is 23.6. The van der Waals surface area contributed by atoms with E-state index in [1.807, 2.05) is 0 Å². The third kappa shape index (κ3) is 419. The fourth-order valence-electron chi connectivity index (χ4n) is 0. The van der Waals surface area contributed by atoms with E-state index in [2.05, 4.69) is 0 Å². The maximum absolute atomic E-state index is 8.56. The monoisotopic (exact) mass is 270 g/mol. The molecule has 0 bridgehead atoms. The summed E-state index contributed by atoms with van der Waals surface area (Å²) in [4.78, 5) is 34.0. The van der Waals surface area contributed by atoms with Crippen LogP contribution < -0.4 is 10.2 Å². The van der Waals surface area contributed by atoms with Crippen LogP contribution in [0.2, 0.25) is 0 Å². The minimum Gasteiger partial charge on any atom is -0.565 e. The summed E-state index contributed by atoms with van der Waals surface area (Å²) in [6.07, 6.45) is -7.83. The second-order valence-corrected chi connectivity index (χ2v) is 1.10. The topological polar surface area (TPSA) is 236 Å². The van der Waals surface area contributed by atoms with Crippen molar-refractivity contribution in [1.29, 1.82) is 0 Å². The van der Waals surface area contributed by atoms with Crippen LogP contribution in [0, 0.1) is 0 Å². The minimum absolute atomic E-state index is 0. The van der Waals surface area contributed by atoms with Crippen LogP contribution in [0.15, 0.2) is 0 Å². The van der Waals surface area contributed by atoms with Crippen molar-refractivity contribution in [3.8, 4) is 0 Å². The Hall–Kier alpha value is -2.15. The smallest absolute Gasteiger partial charge is 0.565 e. The number of rotatable bonds is 0. The molecule has 0 saturated heterocycles. The molecule has 0 aliphatic carbocycles. The average Bonchev–Trinajstić information content (AvgIpc) is 1.76. The Kier molecular flexibility index (Phi) is 40.7. The molecule has 0 aromatic heterocycles. The van der Waals surface area contributed by atoms with Crippen LogP contribution in [0.3, 0.4) is 0 Å². The standard InChI is InChI=1S/4CH2O3.Mg/c4*2-1(3)4;/h4*(H2,2,3,4);/q;;;;+2/p-2. The Balaban J connectivity index is -0.0000000369. The van der Waals surface area contributed by atoms with Gasteiger partial charge in [-0.3, -0.25) is 0 Å². The largest absolute Gasteiger partial charge is 2.00 e. The molecule has 6 N–H and O–H groups in total. The zero-order chi connectivity index (χ0) is 14.3. The van der Waals surface area contributed by atoms with Crippen molar-refractivity contribution < 1.29 is 60.0 Å². The molecule has 0 spiro atoms. The Morgan fingerprint density at radius 3 is 0.588 bits per heavy atom. The van der Waals surface area contributed by atoms with Crippen LogP contribution in [0.4, 0.5) is 19.2 Å². The molecule has 0 aromatic rings. The predicted molar refractivity (Wildman–Crippen MR) is 43.1 cm³/mol. The van der Waals surface area contributed by atoms with Crippen molar-refractivity contribution in [2.45, 2.75) is 0 Å². The molecule has 0 aromatic carbocycles. The van der Waals surface area contributed by atoms with E-state index in [9.17, 15) is 0 Å². The van der Waals surface area contributed by atoms with E-state index >= 15 is 0 Å². The van der Waals surface area contributed by atoms with Crippen molar-refractivity contribution in [2.75, 3.05) is 0 Å². The van der Waals surface area contributed by atoms with E-state index in [-0.39, 0.29) is 23.1 Å². The number of carbonyl (C=O) groups is 4. The van der Waals surface area contributed by atoms with Gasteiger partial charge in [-0.15, -0.1) is 0 Å². The van der Waals surface area contributed by atoms with Gasteiger partial charge in [0.15, 0.2) is 0 Å². The van der Waals surface area contributed by atoms with Gasteiger partial charge < -0.3 is 50.4 Å². The molecule has 13 heteroatoms. The van der Waals surface area contributed by atoms with E-state index in [1.54, 1.807) is 0 Å². The van der Waals surface area contributed by atoms with Gasteiger partial charge in [-0.25, -0.2) is 9.59 Å². The van der Waals surface area contributed by atoms with Crippen LogP contribution in [0.1, 0.15) is 0 Å². The van der Waals surface area contributed by atoms with Gasteiger partial charge in [0.1, 0.15) is 0 Å². The molecule has 0 rings (SSSR count). The molecule has 0 aliphatic heterocycles. The second-order valence-electron chi connectivity index (χ2n) is 1.10. The van der Waals surface area contributed by atoms with Crippen molar-refractivity contribution in [3.63, 3.8) is 0 Å². The van der Waals surface area contributed by atoms with Gasteiger partial charge in [0, 0.05) is 0 Å². The molecular formula is C4H6MgO12. The van der Waals surface area contributed by atoms with Crippen molar-refractivity contribution in [2.24, 2.45) is 0 Å². The fourth-order valence-corrected chi connectivity index (χ4v) is 0. The maximum Gasteiger partial charge on any atom is 2.00 e. The SMILES string of the molecule is O=C(O)O.O=C(O)O.O=C([O-])O.O=C([O-])O.[Mg+2]. The first-order chi connectivity index (χ1) is 6.93. The van der Waals surface area contributed by atoms with Crippen LogP contribution in [0.25, 0.3) is 0 Å². The van der Waals surface area contributed by atoms with Crippen LogP contribution in [-0.4, -0.2) is 78.3 Å². The van der Waals surface area contributed by atoms with Crippen molar-refractivity contribution in [3.05, 3.63) is 0 Å². The van der Waals surface area contributed by atoms with Gasteiger partial charge in [-0.2, -0.15) is 0 Å². The summed E-state index contributed by atoms with van der Waals surface area (Å²) in [7, 11) is 0. The predicted octanol–water partition coefficient (Wildman–Crippen LogP) is -2.16. The van der Waals surface area contributed by atoms with Crippen LogP contribution >= 0.6 is 0 Å². The minimum atomic E-state index is -2.08. The summed E-state index contributed by atoms with van der Waals surface area (Å²) >= 11 is 0. The zero-order valence-corrected chi connectivity index (χ0v) is 9.25. The summed E-state index contributed by atoms with van der Waals surface area (Å²) in [6.45, 7) is 0. The van der Waals surface area contributed by atoms with Gasteiger partial charge in [0.2, 0.25) is 12.3 Å². The van der Waals surface area contributed by atoms with Gasteiger partial charge >= 0.3 is 35.4 Å².